The lowest BCUT2D eigenvalue weighted by Gasteiger charge is -2.01. The molecule has 0 amide bonds. The summed E-state index contributed by atoms with van der Waals surface area (Å²) in [4.78, 5) is 0. The summed E-state index contributed by atoms with van der Waals surface area (Å²) in [5.41, 5.74) is 0.562. The minimum absolute atomic E-state index is 0.00405. The first-order valence-electron chi connectivity index (χ1n) is 2.98. The zero-order chi connectivity index (χ0) is 9.14. The smallest absolute Gasteiger partial charge is 0.176 e. The van der Waals surface area contributed by atoms with Crippen LogP contribution in [0.3, 0.4) is 0 Å². The van der Waals surface area contributed by atoms with Gasteiger partial charge >= 0.3 is 0 Å². The number of rotatable bonds is 1. The third-order valence-corrected chi connectivity index (χ3v) is 2.94. The Balaban J connectivity index is 3.26. The molecule has 1 aromatic carbocycles. The van der Waals surface area contributed by atoms with E-state index in [2.05, 4.69) is 21.1 Å². The molecule has 0 saturated carbocycles. The summed E-state index contributed by atoms with van der Waals surface area (Å²) < 4.78 is 0.620. The highest BCUT2D eigenvalue weighted by Gasteiger charge is 2.07. The molecule has 0 bridgehead atoms. The summed E-state index contributed by atoms with van der Waals surface area (Å²) in [5, 5.41) is 11.8. The Morgan fingerprint density at radius 2 is 2.17 bits per heavy atom. The summed E-state index contributed by atoms with van der Waals surface area (Å²) in [6.07, 6.45) is 0. The van der Waals surface area contributed by atoms with Crippen LogP contribution in [-0.2, 0) is 0 Å². The van der Waals surface area contributed by atoms with E-state index in [1.165, 1.54) is 0 Å². The molecule has 1 aromatic rings. The van der Waals surface area contributed by atoms with Gasteiger partial charge in [0.1, 0.15) is 0 Å². The van der Waals surface area contributed by atoms with Gasteiger partial charge in [0, 0.05) is 10.0 Å². The van der Waals surface area contributed by atoms with Crippen molar-refractivity contribution in [2.75, 3.05) is 0 Å². The van der Waals surface area contributed by atoms with E-state index in [-0.39, 0.29) is 5.17 Å². The zero-order valence-electron chi connectivity index (χ0n) is 5.76. The van der Waals surface area contributed by atoms with Crippen molar-refractivity contribution in [1.82, 2.24) is 0 Å². The van der Waals surface area contributed by atoms with Crippen LogP contribution in [0.25, 0.3) is 0 Å². The van der Waals surface area contributed by atoms with Crippen LogP contribution < -0.4 is 0 Å². The third kappa shape index (κ3) is 1.91. The van der Waals surface area contributed by atoms with E-state index in [1.54, 1.807) is 18.2 Å². The maximum atomic E-state index is 8.40. The third-order valence-electron chi connectivity index (χ3n) is 1.26. The quantitative estimate of drug-likeness (QED) is 0.472. The van der Waals surface area contributed by atoms with Gasteiger partial charge in [0.05, 0.1) is 5.02 Å². The minimum Gasteiger partial charge on any atom is -0.410 e. The zero-order valence-corrected chi connectivity index (χ0v) is 8.86. The summed E-state index contributed by atoms with van der Waals surface area (Å²) in [7, 11) is 0. The van der Waals surface area contributed by atoms with E-state index in [9.17, 15) is 0 Å². The molecule has 0 atom stereocenters. The molecule has 0 aliphatic heterocycles. The molecule has 0 unspecified atom stereocenters. The van der Waals surface area contributed by atoms with Crippen LogP contribution in [0, 0.1) is 0 Å². The van der Waals surface area contributed by atoms with Crippen molar-refractivity contribution in [3.05, 3.63) is 33.3 Å². The lowest BCUT2D eigenvalue weighted by Crippen LogP contribution is -1.92. The van der Waals surface area contributed by atoms with Gasteiger partial charge in [-0.05, 0) is 22.0 Å². The van der Waals surface area contributed by atoms with Gasteiger partial charge in [0.15, 0.2) is 5.17 Å². The molecule has 0 spiro atoms. The first kappa shape index (κ1) is 9.84. The lowest BCUT2D eigenvalue weighted by molar-refractivity contribution is 0.321. The Labute approximate surface area is 87.9 Å². The fourth-order valence-corrected chi connectivity index (χ4v) is 1.62. The van der Waals surface area contributed by atoms with Crippen molar-refractivity contribution in [3.63, 3.8) is 0 Å². The van der Waals surface area contributed by atoms with Gasteiger partial charge in [0.25, 0.3) is 0 Å². The maximum Gasteiger partial charge on any atom is 0.176 e. The van der Waals surface area contributed by atoms with Crippen LogP contribution >= 0.6 is 39.1 Å². The van der Waals surface area contributed by atoms with Crippen LogP contribution in [0.5, 0.6) is 0 Å². The molecule has 12 heavy (non-hydrogen) atoms. The minimum atomic E-state index is 0.00405. The van der Waals surface area contributed by atoms with Crippen molar-refractivity contribution in [2.45, 2.75) is 0 Å². The van der Waals surface area contributed by atoms with Gasteiger partial charge in [-0.25, -0.2) is 0 Å². The van der Waals surface area contributed by atoms with Gasteiger partial charge in [-0.2, -0.15) is 0 Å². The predicted octanol–water partition coefficient (Wildman–Crippen LogP) is 3.48. The van der Waals surface area contributed by atoms with E-state index in [0.717, 1.165) is 0 Å². The normalized spacial score (nSPS) is 11.8. The van der Waals surface area contributed by atoms with Crippen molar-refractivity contribution in [3.8, 4) is 0 Å². The van der Waals surface area contributed by atoms with E-state index in [1.807, 2.05) is 0 Å². The predicted molar refractivity (Wildman–Crippen MR) is 53.3 cm³/mol. The summed E-state index contributed by atoms with van der Waals surface area (Å²) >= 11 is 14.6. The molecule has 1 N–H and O–H groups in total. The molecule has 5 heteroatoms. The first-order chi connectivity index (χ1) is 5.66. The molecule has 0 aliphatic carbocycles. The van der Waals surface area contributed by atoms with E-state index < -0.39 is 0 Å². The van der Waals surface area contributed by atoms with Crippen LogP contribution in [0.1, 0.15) is 5.56 Å². The number of hydrogen-bond acceptors (Lipinski definition) is 2. The second-order valence-electron chi connectivity index (χ2n) is 1.99. The average molecular weight is 269 g/mol. The standard InChI is InChI=1S/C7H4BrCl2NO/c8-6-4(7(10)11-12)2-1-3-5(6)9/h1-3,12H/b11-7-. The second-order valence-corrected chi connectivity index (χ2v) is 3.55. The van der Waals surface area contributed by atoms with Crippen LogP contribution in [-0.4, -0.2) is 10.4 Å². The summed E-state index contributed by atoms with van der Waals surface area (Å²) in [6.45, 7) is 0. The maximum absolute atomic E-state index is 8.40. The van der Waals surface area contributed by atoms with Gasteiger partial charge in [-0.3, -0.25) is 0 Å². The SMILES string of the molecule is O/N=C(\Cl)c1cccc(Cl)c1Br. The topological polar surface area (TPSA) is 32.6 Å². The Hall–Kier alpha value is -0.250. The molecular weight excluding hydrogens is 265 g/mol. The fraction of sp³-hybridized carbons (Fsp3) is 0. The number of oxime groups is 1. The lowest BCUT2D eigenvalue weighted by atomic mass is 10.2. The van der Waals surface area contributed by atoms with E-state index >= 15 is 0 Å². The summed E-state index contributed by atoms with van der Waals surface area (Å²) in [6, 6.07) is 5.12. The molecule has 0 heterocycles. The Morgan fingerprint density at radius 1 is 1.50 bits per heavy atom. The van der Waals surface area contributed by atoms with Gasteiger partial charge in [0.2, 0.25) is 0 Å². The highest BCUT2D eigenvalue weighted by Crippen LogP contribution is 2.27. The van der Waals surface area contributed by atoms with Crippen molar-refractivity contribution >= 4 is 44.3 Å². The molecule has 0 fully saturated rings. The van der Waals surface area contributed by atoms with Crippen molar-refractivity contribution < 1.29 is 5.21 Å². The van der Waals surface area contributed by atoms with Gasteiger partial charge in [-0.1, -0.05) is 40.5 Å². The summed E-state index contributed by atoms with van der Waals surface area (Å²) in [5.74, 6) is 0. The number of benzene rings is 1. The molecule has 64 valence electrons. The van der Waals surface area contributed by atoms with E-state index in [4.69, 9.17) is 28.4 Å². The molecular formula is C7H4BrCl2NO. The molecule has 0 radical (unpaired) electrons. The van der Waals surface area contributed by atoms with Crippen molar-refractivity contribution in [2.24, 2.45) is 5.16 Å². The number of halogens is 3. The fourth-order valence-electron chi connectivity index (χ4n) is 0.717. The molecule has 1 rings (SSSR count). The highest BCUT2D eigenvalue weighted by atomic mass is 79.9. The molecule has 2 nitrogen and oxygen atoms in total. The van der Waals surface area contributed by atoms with E-state index in [0.29, 0.717) is 15.1 Å². The second kappa shape index (κ2) is 4.12. The largest absolute Gasteiger partial charge is 0.410 e. The van der Waals surface area contributed by atoms with Gasteiger partial charge in [-0.15, -0.1) is 0 Å². The van der Waals surface area contributed by atoms with Crippen LogP contribution in [0.2, 0.25) is 5.02 Å². The van der Waals surface area contributed by atoms with Crippen LogP contribution in [0.4, 0.5) is 0 Å². The Bertz CT molecular complexity index is 327. The highest BCUT2D eigenvalue weighted by molar-refractivity contribution is 9.10. The molecule has 0 aromatic heterocycles. The number of nitrogens with zero attached hydrogens (tertiary/aromatic N) is 1. The van der Waals surface area contributed by atoms with Crippen molar-refractivity contribution in [1.29, 1.82) is 0 Å². The Morgan fingerprint density at radius 3 is 2.75 bits per heavy atom. The first-order valence-corrected chi connectivity index (χ1v) is 4.53. The Kier molecular flexibility index (Phi) is 3.38. The molecule has 0 aliphatic rings. The number of hydrogen-bond donors (Lipinski definition) is 1. The average Bonchev–Trinajstić information content (AvgIpc) is 2.08. The van der Waals surface area contributed by atoms with Crippen LogP contribution in [0.15, 0.2) is 27.8 Å². The molecule has 0 saturated heterocycles. The van der Waals surface area contributed by atoms with Gasteiger partial charge < -0.3 is 5.21 Å². The monoisotopic (exact) mass is 267 g/mol.